The Bertz CT molecular complexity index is 535. The zero-order valence-corrected chi connectivity index (χ0v) is 12.7. The van der Waals surface area contributed by atoms with E-state index in [1.165, 1.54) is 5.56 Å². The Labute approximate surface area is 124 Å². The van der Waals surface area contributed by atoms with E-state index >= 15 is 0 Å². The zero-order valence-electron chi connectivity index (χ0n) is 11.2. The van der Waals surface area contributed by atoms with Crippen molar-refractivity contribution < 1.29 is 0 Å². The number of nitrogens with zero attached hydrogens (tertiary/aromatic N) is 2. The molecule has 1 heterocycles. The molecule has 0 bridgehead atoms. The Balaban J connectivity index is 2.11. The summed E-state index contributed by atoms with van der Waals surface area (Å²) in [7, 11) is 1.93. The molecule has 0 spiro atoms. The molecule has 0 saturated carbocycles. The Kier molecular flexibility index (Phi) is 4.89. The van der Waals surface area contributed by atoms with Crippen LogP contribution in [0.25, 0.3) is 0 Å². The van der Waals surface area contributed by atoms with E-state index in [1.54, 1.807) is 0 Å². The van der Waals surface area contributed by atoms with Gasteiger partial charge in [0.1, 0.15) is 0 Å². The van der Waals surface area contributed by atoms with E-state index in [1.807, 2.05) is 24.7 Å². The van der Waals surface area contributed by atoms with Gasteiger partial charge in [0.2, 0.25) is 0 Å². The Hall–Kier alpha value is -0.990. The van der Waals surface area contributed by atoms with E-state index in [-0.39, 0.29) is 0 Å². The molecule has 19 heavy (non-hydrogen) atoms. The normalized spacial score (nSPS) is 12.6. The van der Waals surface area contributed by atoms with Crippen LogP contribution in [-0.4, -0.2) is 15.7 Å². The summed E-state index contributed by atoms with van der Waals surface area (Å²) in [6.45, 7) is 1.93. The Morgan fingerprint density at radius 3 is 2.42 bits per heavy atom. The number of benzene rings is 1. The summed E-state index contributed by atoms with van der Waals surface area (Å²) in [5, 5.41) is 5.12. The van der Waals surface area contributed by atoms with Gasteiger partial charge in [-0.25, -0.2) is 0 Å². The van der Waals surface area contributed by atoms with Crippen LogP contribution in [0.1, 0.15) is 17.0 Å². The average Bonchev–Trinajstić information content (AvgIpc) is 2.65. The molecule has 1 aromatic carbocycles. The first kappa shape index (κ1) is 14.4. The summed E-state index contributed by atoms with van der Waals surface area (Å²) in [5.41, 5.74) is 3.26. The largest absolute Gasteiger partial charge is 0.271 e. The van der Waals surface area contributed by atoms with Gasteiger partial charge in [-0.1, -0.05) is 41.9 Å². The topological polar surface area (TPSA) is 17.8 Å². The number of rotatable bonds is 5. The third-order valence-electron chi connectivity index (χ3n) is 3.33. The first-order chi connectivity index (χ1) is 9.11. The number of aromatic nitrogens is 2. The second-order valence-corrected chi connectivity index (χ2v) is 5.57. The molecule has 1 atom stereocenters. The van der Waals surface area contributed by atoms with Crippen LogP contribution >= 0.6 is 23.2 Å². The second-order valence-electron chi connectivity index (χ2n) is 4.88. The van der Waals surface area contributed by atoms with Gasteiger partial charge in [-0.3, -0.25) is 4.68 Å². The number of alkyl halides is 1. The Morgan fingerprint density at radius 2 is 1.89 bits per heavy atom. The van der Waals surface area contributed by atoms with Gasteiger partial charge in [0, 0.05) is 12.9 Å². The van der Waals surface area contributed by atoms with Gasteiger partial charge in [0.25, 0.3) is 0 Å². The van der Waals surface area contributed by atoms with Crippen molar-refractivity contribution in [3.8, 4) is 0 Å². The van der Waals surface area contributed by atoms with Crippen LogP contribution in [0.3, 0.4) is 0 Å². The van der Waals surface area contributed by atoms with Crippen molar-refractivity contribution in [2.75, 3.05) is 5.88 Å². The number of halogens is 2. The lowest BCUT2D eigenvalue weighted by Crippen LogP contribution is -2.13. The predicted molar refractivity (Wildman–Crippen MR) is 81.0 cm³/mol. The molecular formula is C15H18Cl2N2. The third kappa shape index (κ3) is 3.52. The quantitative estimate of drug-likeness (QED) is 0.762. The maximum Gasteiger partial charge on any atom is 0.0847 e. The molecule has 0 aliphatic carbocycles. The van der Waals surface area contributed by atoms with Crippen LogP contribution in [0.4, 0.5) is 0 Å². The molecule has 2 aromatic rings. The molecule has 2 nitrogen and oxygen atoms in total. The fourth-order valence-electron chi connectivity index (χ4n) is 2.30. The van der Waals surface area contributed by atoms with Crippen molar-refractivity contribution in [1.29, 1.82) is 0 Å². The van der Waals surface area contributed by atoms with Gasteiger partial charge in [-0.05, 0) is 31.2 Å². The van der Waals surface area contributed by atoms with Crippen LogP contribution < -0.4 is 0 Å². The first-order valence-corrected chi connectivity index (χ1v) is 7.31. The molecule has 4 heteroatoms. The molecule has 0 aliphatic rings. The lowest BCUT2D eigenvalue weighted by atomic mass is 9.96. The molecule has 2 rings (SSSR count). The molecule has 0 fully saturated rings. The molecule has 0 radical (unpaired) electrons. The standard InChI is InChI=1S/C15H18Cl2N2/c1-11-15(17)14(19(2)18-11)9-13(10-16)8-12-6-4-3-5-7-12/h3-7,13H,8-10H2,1-2H3. The summed E-state index contributed by atoms with van der Waals surface area (Å²) >= 11 is 12.4. The predicted octanol–water partition coefficient (Wildman–Crippen LogP) is 4.02. The molecule has 0 amide bonds. The van der Waals surface area contributed by atoms with Crippen molar-refractivity contribution in [1.82, 2.24) is 9.78 Å². The van der Waals surface area contributed by atoms with Crippen molar-refractivity contribution in [2.24, 2.45) is 13.0 Å². The highest BCUT2D eigenvalue weighted by molar-refractivity contribution is 6.31. The van der Waals surface area contributed by atoms with E-state index < -0.39 is 0 Å². The molecular weight excluding hydrogens is 279 g/mol. The highest BCUT2D eigenvalue weighted by Gasteiger charge is 2.17. The highest BCUT2D eigenvalue weighted by Crippen LogP contribution is 2.24. The zero-order chi connectivity index (χ0) is 13.8. The summed E-state index contributed by atoms with van der Waals surface area (Å²) in [4.78, 5) is 0. The lowest BCUT2D eigenvalue weighted by molar-refractivity contribution is 0.551. The van der Waals surface area contributed by atoms with E-state index in [0.717, 1.165) is 29.3 Å². The molecule has 102 valence electrons. The lowest BCUT2D eigenvalue weighted by Gasteiger charge is -2.14. The minimum atomic E-state index is 0.372. The van der Waals surface area contributed by atoms with Crippen LogP contribution in [0.5, 0.6) is 0 Å². The SMILES string of the molecule is Cc1nn(C)c(CC(CCl)Cc2ccccc2)c1Cl. The van der Waals surface area contributed by atoms with Gasteiger partial charge in [-0.15, -0.1) is 11.6 Å². The maximum atomic E-state index is 6.29. The van der Waals surface area contributed by atoms with Gasteiger partial charge in [0.05, 0.1) is 16.4 Å². The summed E-state index contributed by atoms with van der Waals surface area (Å²) in [5.74, 6) is 0.992. The van der Waals surface area contributed by atoms with Gasteiger partial charge < -0.3 is 0 Å². The molecule has 0 N–H and O–H groups in total. The van der Waals surface area contributed by atoms with Crippen molar-refractivity contribution in [3.63, 3.8) is 0 Å². The van der Waals surface area contributed by atoms with Gasteiger partial charge in [0.15, 0.2) is 0 Å². The van der Waals surface area contributed by atoms with E-state index in [0.29, 0.717) is 11.8 Å². The fraction of sp³-hybridized carbons (Fsp3) is 0.400. The smallest absolute Gasteiger partial charge is 0.0847 e. The van der Waals surface area contributed by atoms with Crippen LogP contribution in [-0.2, 0) is 19.9 Å². The van der Waals surface area contributed by atoms with E-state index in [2.05, 4.69) is 29.4 Å². The number of hydrogen-bond acceptors (Lipinski definition) is 1. The van der Waals surface area contributed by atoms with Crippen LogP contribution in [0.15, 0.2) is 30.3 Å². The number of hydrogen-bond donors (Lipinski definition) is 0. The summed E-state index contributed by atoms with van der Waals surface area (Å²) in [6.07, 6.45) is 1.82. The van der Waals surface area contributed by atoms with Crippen molar-refractivity contribution >= 4 is 23.2 Å². The molecule has 0 saturated heterocycles. The molecule has 1 unspecified atom stereocenters. The van der Waals surface area contributed by atoms with Crippen molar-refractivity contribution in [2.45, 2.75) is 19.8 Å². The average molecular weight is 297 g/mol. The number of aryl methyl sites for hydroxylation is 2. The Morgan fingerprint density at radius 1 is 1.21 bits per heavy atom. The maximum absolute atomic E-state index is 6.29. The van der Waals surface area contributed by atoms with E-state index in [4.69, 9.17) is 23.2 Å². The minimum Gasteiger partial charge on any atom is -0.271 e. The first-order valence-electron chi connectivity index (χ1n) is 6.39. The van der Waals surface area contributed by atoms with Gasteiger partial charge in [-0.2, -0.15) is 5.10 Å². The fourth-order valence-corrected chi connectivity index (χ4v) is 2.76. The van der Waals surface area contributed by atoms with Crippen molar-refractivity contribution in [3.05, 3.63) is 52.3 Å². The monoisotopic (exact) mass is 296 g/mol. The molecule has 1 aromatic heterocycles. The highest BCUT2D eigenvalue weighted by atomic mass is 35.5. The van der Waals surface area contributed by atoms with E-state index in [9.17, 15) is 0 Å². The second kappa shape index (κ2) is 6.44. The third-order valence-corrected chi connectivity index (χ3v) is 4.26. The summed E-state index contributed by atoms with van der Waals surface area (Å²) < 4.78 is 1.86. The molecule has 0 aliphatic heterocycles. The summed E-state index contributed by atoms with van der Waals surface area (Å²) in [6, 6.07) is 10.4. The van der Waals surface area contributed by atoms with Crippen LogP contribution in [0.2, 0.25) is 5.02 Å². The van der Waals surface area contributed by atoms with Crippen LogP contribution in [0, 0.1) is 12.8 Å². The minimum absolute atomic E-state index is 0.372. The van der Waals surface area contributed by atoms with Gasteiger partial charge >= 0.3 is 0 Å².